The minimum atomic E-state index is -4.40. The molecule has 34 heavy (non-hydrogen) atoms. The first-order valence-electron chi connectivity index (χ1n) is 11.6. The van der Waals surface area contributed by atoms with Crippen LogP contribution in [0, 0.1) is 0 Å². The van der Waals surface area contributed by atoms with Gasteiger partial charge in [-0.1, -0.05) is 36.6 Å². The maximum absolute atomic E-state index is 13.7. The van der Waals surface area contributed by atoms with E-state index in [4.69, 9.17) is 21.4 Å². The molecule has 1 fully saturated rings. The lowest BCUT2D eigenvalue weighted by atomic mass is 9.91. The summed E-state index contributed by atoms with van der Waals surface area (Å²) in [6.45, 7) is 0.649. The minimum absolute atomic E-state index is 0.00571. The van der Waals surface area contributed by atoms with Crippen LogP contribution < -0.4 is 4.74 Å². The Bertz CT molecular complexity index is 1170. The summed E-state index contributed by atoms with van der Waals surface area (Å²) in [6, 6.07) is 9.90. The molecule has 0 amide bonds. The number of halogens is 4. The summed E-state index contributed by atoms with van der Waals surface area (Å²) in [5, 5.41) is 10.1. The smallest absolute Gasteiger partial charge is 0.416 e. The lowest BCUT2D eigenvalue weighted by molar-refractivity contribution is -0.138. The van der Waals surface area contributed by atoms with E-state index in [9.17, 15) is 18.0 Å². The summed E-state index contributed by atoms with van der Waals surface area (Å²) in [6.07, 6.45) is 2.45. The summed E-state index contributed by atoms with van der Waals surface area (Å²) in [5.41, 5.74) is 1.11. The number of carbonyl (C=O) groups is 1. The van der Waals surface area contributed by atoms with Crippen molar-refractivity contribution >= 4 is 28.5 Å². The van der Waals surface area contributed by atoms with Crippen LogP contribution in [0.25, 0.3) is 10.9 Å². The fourth-order valence-electron chi connectivity index (χ4n) is 4.80. The molecular weight excluding hydrogens is 467 g/mol. The molecule has 8 heteroatoms. The van der Waals surface area contributed by atoms with E-state index in [1.165, 1.54) is 6.07 Å². The SMILES string of the molecule is O=C(O)CCCCn1ccc2cc(OCc3ccc(C4CCCC4)c(C(F)(F)F)c3)cc(Cl)c21. The van der Waals surface area contributed by atoms with Crippen LogP contribution in [0.5, 0.6) is 5.75 Å². The molecule has 0 saturated heterocycles. The van der Waals surface area contributed by atoms with Gasteiger partial charge in [0.15, 0.2) is 0 Å². The summed E-state index contributed by atoms with van der Waals surface area (Å²) in [7, 11) is 0. The van der Waals surface area contributed by atoms with E-state index in [0.717, 1.165) is 36.6 Å². The van der Waals surface area contributed by atoms with Crippen molar-refractivity contribution in [1.29, 1.82) is 0 Å². The average Bonchev–Trinajstić information content (AvgIpc) is 3.45. The maximum Gasteiger partial charge on any atom is 0.416 e. The predicted molar refractivity (Wildman–Crippen MR) is 125 cm³/mol. The molecule has 0 aliphatic heterocycles. The molecule has 1 N–H and O–H groups in total. The van der Waals surface area contributed by atoms with Crippen molar-refractivity contribution in [2.24, 2.45) is 0 Å². The van der Waals surface area contributed by atoms with Gasteiger partial charge in [-0.05, 0) is 60.9 Å². The van der Waals surface area contributed by atoms with Crippen molar-refractivity contribution in [3.63, 3.8) is 0 Å². The molecule has 2 aromatic carbocycles. The van der Waals surface area contributed by atoms with Gasteiger partial charge in [-0.3, -0.25) is 4.79 Å². The summed E-state index contributed by atoms with van der Waals surface area (Å²) < 4.78 is 49.0. The zero-order valence-electron chi connectivity index (χ0n) is 18.7. The first-order chi connectivity index (χ1) is 16.2. The standard InChI is InChI=1S/C26H27ClF3NO3/c27-23-15-20(14-19-10-12-31(25(19)23)11-4-3-7-24(32)33)34-16-17-8-9-21(18-5-1-2-6-18)22(13-17)26(28,29)30/h8-10,12-15,18H,1-7,11,16H2,(H,32,33). The molecular formula is C26H27ClF3NO3. The van der Waals surface area contributed by atoms with E-state index in [0.29, 0.717) is 41.3 Å². The van der Waals surface area contributed by atoms with Crippen molar-refractivity contribution in [2.75, 3.05) is 0 Å². The minimum Gasteiger partial charge on any atom is -0.489 e. The van der Waals surface area contributed by atoms with Crippen LogP contribution >= 0.6 is 11.6 Å². The van der Waals surface area contributed by atoms with Gasteiger partial charge in [-0.15, -0.1) is 0 Å². The third-order valence-electron chi connectivity index (χ3n) is 6.45. The van der Waals surface area contributed by atoms with Crippen LogP contribution in [0.1, 0.15) is 67.6 Å². The molecule has 1 aliphatic carbocycles. The highest BCUT2D eigenvalue weighted by Gasteiger charge is 2.36. The predicted octanol–water partition coefficient (Wildman–Crippen LogP) is 7.81. The number of benzene rings is 2. The number of aryl methyl sites for hydroxylation is 1. The Hall–Kier alpha value is -2.67. The van der Waals surface area contributed by atoms with Crippen LogP contribution in [0.3, 0.4) is 0 Å². The van der Waals surface area contributed by atoms with Crippen molar-refractivity contribution in [2.45, 2.75) is 70.2 Å². The van der Waals surface area contributed by atoms with Gasteiger partial charge in [-0.25, -0.2) is 0 Å². The monoisotopic (exact) mass is 493 g/mol. The number of fused-ring (bicyclic) bond motifs is 1. The Kier molecular flexibility index (Phi) is 7.41. The lowest BCUT2D eigenvalue weighted by Crippen LogP contribution is -2.12. The third-order valence-corrected chi connectivity index (χ3v) is 6.74. The molecule has 1 heterocycles. The van der Waals surface area contributed by atoms with E-state index < -0.39 is 17.7 Å². The first kappa shape index (κ1) is 24.5. The van der Waals surface area contributed by atoms with Crippen molar-refractivity contribution in [3.05, 3.63) is 64.3 Å². The zero-order chi connectivity index (χ0) is 24.3. The van der Waals surface area contributed by atoms with E-state index in [1.54, 1.807) is 18.2 Å². The third kappa shape index (κ3) is 5.69. The second-order valence-electron chi connectivity index (χ2n) is 8.89. The molecule has 0 radical (unpaired) electrons. The number of aliphatic carboxylic acids is 1. The fraction of sp³-hybridized carbons (Fsp3) is 0.423. The molecule has 0 bridgehead atoms. The Morgan fingerprint density at radius 1 is 1.12 bits per heavy atom. The van der Waals surface area contributed by atoms with Gasteiger partial charge in [0, 0.05) is 30.6 Å². The first-order valence-corrected chi connectivity index (χ1v) is 11.9. The molecule has 1 aromatic heterocycles. The van der Waals surface area contributed by atoms with Crippen molar-refractivity contribution in [3.8, 4) is 5.75 Å². The summed E-state index contributed by atoms with van der Waals surface area (Å²) in [4.78, 5) is 10.7. The fourth-order valence-corrected chi connectivity index (χ4v) is 5.12. The zero-order valence-corrected chi connectivity index (χ0v) is 19.5. The van der Waals surface area contributed by atoms with Gasteiger partial charge < -0.3 is 14.4 Å². The van der Waals surface area contributed by atoms with E-state index in [2.05, 4.69) is 0 Å². The van der Waals surface area contributed by atoms with Gasteiger partial charge >= 0.3 is 12.1 Å². The van der Waals surface area contributed by atoms with Crippen molar-refractivity contribution in [1.82, 2.24) is 4.57 Å². The van der Waals surface area contributed by atoms with Gasteiger partial charge in [0.2, 0.25) is 0 Å². The second kappa shape index (κ2) is 10.3. The highest BCUT2D eigenvalue weighted by Crippen LogP contribution is 2.42. The Labute approximate surface area is 201 Å². The lowest BCUT2D eigenvalue weighted by Gasteiger charge is -2.19. The van der Waals surface area contributed by atoms with Crippen LogP contribution in [-0.4, -0.2) is 15.6 Å². The molecule has 0 unspecified atom stereocenters. The highest BCUT2D eigenvalue weighted by molar-refractivity contribution is 6.35. The Balaban J connectivity index is 1.47. The van der Waals surface area contributed by atoms with Gasteiger partial charge in [0.05, 0.1) is 16.1 Å². The molecule has 1 saturated carbocycles. The molecule has 3 aromatic rings. The Morgan fingerprint density at radius 3 is 2.59 bits per heavy atom. The summed E-state index contributed by atoms with van der Waals surface area (Å²) in [5.74, 6) is -0.358. The quantitative estimate of drug-likeness (QED) is 0.309. The highest BCUT2D eigenvalue weighted by atomic mass is 35.5. The average molecular weight is 494 g/mol. The van der Waals surface area contributed by atoms with Crippen molar-refractivity contribution < 1.29 is 27.8 Å². The number of rotatable bonds is 9. The second-order valence-corrected chi connectivity index (χ2v) is 9.30. The van der Waals surface area contributed by atoms with Crippen LogP contribution in [0.15, 0.2) is 42.6 Å². The van der Waals surface area contributed by atoms with E-state index >= 15 is 0 Å². The number of carboxylic acid groups (broad SMARTS) is 1. The number of hydrogen-bond donors (Lipinski definition) is 1. The number of carboxylic acids is 1. The number of nitrogens with zero attached hydrogens (tertiary/aromatic N) is 1. The molecule has 4 nitrogen and oxygen atoms in total. The van der Waals surface area contributed by atoms with Gasteiger partial charge in [0.25, 0.3) is 0 Å². The molecule has 182 valence electrons. The molecule has 0 atom stereocenters. The normalized spacial score (nSPS) is 14.7. The van der Waals surface area contributed by atoms with E-state index in [-0.39, 0.29) is 18.9 Å². The molecule has 0 spiro atoms. The van der Waals surface area contributed by atoms with E-state index in [1.807, 2.05) is 22.9 Å². The van der Waals surface area contributed by atoms with Crippen LogP contribution in [0.2, 0.25) is 5.02 Å². The number of aromatic nitrogens is 1. The van der Waals surface area contributed by atoms with Crippen LogP contribution in [0.4, 0.5) is 13.2 Å². The largest absolute Gasteiger partial charge is 0.489 e. The number of hydrogen-bond acceptors (Lipinski definition) is 2. The molecule has 1 aliphatic rings. The van der Waals surface area contributed by atoms with Gasteiger partial charge in [-0.2, -0.15) is 13.2 Å². The number of ether oxygens (including phenoxy) is 1. The van der Waals surface area contributed by atoms with Crippen LogP contribution in [-0.2, 0) is 24.1 Å². The summed E-state index contributed by atoms with van der Waals surface area (Å²) >= 11 is 6.49. The van der Waals surface area contributed by atoms with Gasteiger partial charge in [0.1, 0.15) is 12.4 Å². The Morgan fingerprint density at radius 2 is 1.88 bits per heavy atom. The molecule has 4 rings (SSSR count). The number of alkyl halides is 3. The maximum atomic E-state index is 13.7. The topological polar surface area (TPSA) is 51.5 Å². The number of unbranched alkanes of at least 4 members (excludes halogenated alkanes) is 1.